The molecule has 1 amide bonds. The van der Waals surface area contributed by atoms with Crippen molar-refractivity contribution in [2.24, 2.45) is 5.73 Å². The second-order valence-corrected chi connectivity index (χ2v) is 8.53. The van der Waals surface area contributed by atoms with E-state index in [2.05, 4.69) is 4.98 Å². The van der Waals surface area contributed by atoms with Crippen LogP contribution in [0.2, 0.25) is 0 Å². The highest BCUT2D eigenvalue weighted by Crippen LogP contribution is 2.29. The Morgan fingerprint density at radius 2 is 2.08 bits per heavy atom. The molecular weight excluding hydrogens is 352 g/mol. The summed E-state index contributed by atoms with van der Waals surface area (Å²) < 4.78 is 28.4. The van der Waals surface area contributed by atoms with Gasteiger partial charge in [-0.25, -0.2) is 8.42 Å². The zero-order chi connectivity index (χ0) is 18.9. The molecule has 0 radical (unpaired) electrons. The predicted octanol–water partition coefficient (Wildman–Crippen LogP) is 1.11. The minimum atomic E-state index is -3.70. The summed E-state index contributed by atoms with van der Waals surface area (Å²) in [5, 5.41) is 1.50. The van der Waals surface area contributed by atoms with Crippen LogP contribution in [0.1, 0.15) is 18.9 Å². The first-order valence-electron chi connectivity index (χ1n) is 8.69. The Labute approximate surface area is 153 Å². The normalized spacial score (nSPS) is 19.5. The number of nitrogens with two attached hydrogens (primary N) is 1. The number of amides is 1. The SMILES string of the molecule is Cc1cncc2cccc(S(=O)(=O)N3CCCN(C(=O)CN)CC3C)c12. The lowest BCUT2D eigenvalue weighted by molar-refractivity contribution is -0.129. The lowest BCUT2D eigenvalue weighted by atomic mass is 10.1. The van der Waals surface area contributed by atoms with Crippen LogP contribution in [0.5, 0.6) is 0 Å². The molecule has 3 rings (SSSR count). The first-order chi connectivity index (χ1) is 12.4. The minimum Gasteiger partial charge on any atom is -0.340 e. The van der Waals surface area contributed by atoms with Crippen molar-refractivity contribution in [3.8, 4) is 0 Å². The maximum absolute atomic E-state index is 13.4. The molecule has 2 aromatic rings. The number of aromatic nitrogens is 1. The van der Waals surface area contributed by atoms with Gasteiger partial charge in [-0.05, 0) is 31.9 Å². The summed E-state index contributed by atoms with van der Waals surface area (Å²) in [6.07, 6.45) is 3.93. The fourth-order valence-corrected chi connectivity index (χ4v) is 5.51. The molecule has 1 atom stereocenters. The fraction of sp³-hybridized carbons (Fsp3) is 0.444. The largest absolute Gasteiger partial charge is 0.340 e. The number of sulfonamides is 1. The first kappa shape index (κ1) is 18.8. The average Bonchev–Trinajstić information content (AvgIpc) is 2.83. The third-order valence-corrected chi connectivity index (χ3v) is 6.89. The van der Waals surface area contributed by atoms with Gasteiger partial charge in [0.1, 0.15) is 0 Å². The summed E-state index contributed by atoms with van der Waals surface area (Å²) in [7, 11) is -3.70. The molecule has 1 aromatic heterocycles. The molecule has 1 unspecified atom stereocenters. The molecule has 0 saturated carbocycles. The van der Waals surface area contributed by atoms with Gasteiger partial charge in [0.25, 0.3) is 0 Å². The minimum absolute atomic E-state index is 0.0605. The summed E-state index contributed by atoms with van der Waals surface area (Å²) in [5.74, 6) is -0.150. The number of fused-ring (bicyclic) bond motifs is 1. The molecule has 1 aliphatic heterocycles. The number of rotatable bonds is 3. The van der Waals surface area contributed by atoms with E-state index in [9.17, 15) is 13.2 Å². The highest BCUT2D eigenvalue weighted by molar-refractivity contribution is 7.89. The van der Waals surface area contributed by atoms with Crippen molar-refractivity contribution in [1.29, 1.82) is 0 Å². The van der Waals surface area contributed by atoms with Gasteiger partial charge in [-0.15, -0.1) is 0 Å². The predicted molar refractivity (Wildman–Crippen MR) is 100 cm³/mol. The van der Waals surface area contributed by atoms with E-state index >= 15 is 0 Å². The van der Waals surface area contributed by atoms with Crippen molar-refractivity contribution in [1.82, 2.24) is 14.2 Å². The Bertz CT molecular complexity index is 924. The van der Waals surface area contributed by atoms with Crippen molar-refractivity contribution in [3.05, 3.63) is 36.2 Å². The zero-order valence-corrected chi connectivity index (χ0v) is 15.9. The van der Waals surface area contributed by atoms with Crippen LogP contribution in [0.15, 0.2) is 35.5 Å². The zero-order valence-electron chi connectivity index (χ0n) is 15.1. The number of nitrogens with zero attached hydrogens (tertiary/aromatic N) is 3. The van der Waals surface area contributed by atoms with Gasteiger partial charge in [-0.1, -0.05) is 12.1 Å². The van der Waals surface area contributed by atoms with Gasteiger partial charge >= 0.3 is 0 Å². The smallest absolute Gasteiger partial charge is 0.244 e. The van der Waals surface area contributed by atoms with Gasteiger partial charge in [0.15, 0.2) is 0 Å². The number of hydrogen-bond acceptors (Lipinski definition) is 5. The molecule has 2 heterocycles. The van der Waals surface area contributed by atoms with E-state index in [1.54, 1.807) is 29.4 Å². The lowest BCUT2D eigenvalue weighted by Crippen LogP contribution is -2.45. The van der Waals surface area contributed by atoms with Crippen LogP contribution in [0.25, 0.3) is 10.8 Å². The number of pyridine rings is 1. The maximum Gasteiger partial charge on any atom is 0.244 e. The summed E-state index contributed by atoms with van der Waals surface area (Å²) in [4.78, 5) is 18.0. The molecule has 26 heavy (non-hydrogen) atoms. The van der Waals surface area contributed by atoms with Crippen LogP contribution < -0.4 is 5.73 Å². The van der Waals surface area contributed by atoms with Crippen molar-refractivity contribution in [3.63, 3.8) is 0 Å². The molecule has 1 aromatic carbocycles. The van der Waals surface area contributed by atoms with Crippen LogP contribution in [0.4, 0.5) is 0 Å². The summed E-state index contributed by atoms with van der Waals surface area (Å²) >= 11 is 0. The van der Waals surface area contributed by atoms with Crippen molar-refractivity contribution >= 4 is 26.7 Å². The highest BCUT2D eigenvalue weighted by Gasteiger charge is 2.34. The third kappa shape index (κ3) is 3.32. The summed E-state index contributed by atoms with van der Waals surface area (Å²) in [6.45, 7) is 4.87. The molecule has 140 valence electrons. The Kier molecular flexibility index (Phi) is 5.27. The van der Waals surface area contributed by atoms with Gasteiger partial charge in [-0.2, -0.15) is 4.31 Å². The van der Waals surface area contributed by atoms with Gasteiger partial charge in [0.2, 0.25) is 15.9 Å². The fourth-order valence-electron chi connectivity index (χ4n) is 3.56. The number of aryl methyl sites for hydroxylation is 1. The maximum atomic E-state index is 13.4. The van der Waals surface area contributed by atoms with Gasteiger partial charge in [0, 0.05) is 48.8 Å². The van der Waals surface area contributed by atoms with Crippen LogP contribution in [0.3, 0.4) is 0 Å². The molecule has 1 fully saturated rings. The first-order valence-corrected chi connectivity index (χ1v) is 10.1. The van der Waals surface area contributed by atoms with Crippen LogP contribution >= 0.6 is 0 Å². The Morgan fingerprint density at radius 1 is 1.31 bits per heavy atom. The van der Waals surface area contributed by atoms with E-state index in [4.69, 9.17) is 5.73 Å². The van der Waals surface area contributed by atoms with Crippen molar-refractivity contribution in [2.75, 3.05) is 26.2 Å². The quantitative estimate of drug-likeness (QED) is 0.866. The van der Waals surface area contributed by atoms with Gasteiger partial charge < -0.3 is 10.6 Å². The topological polar surface area (TPSA) is 96.6 Å². The van der Waals surface area contributed by atoms with Crippen LogP contribution in [-0.2, 0) is 14.8 Å². The average molecular weight is 376 g/mol. The van der Waals surface area contributed by atoms with Crippen LogP contribution in [0, 0.1) is 6.92 Å². The Balaban J connectivity index is 2.02. The molecular formula is C18H24N4O3S. The molecule has 7 nitrogen and oxygen atoms in total. The second-order valence-electron chi connectivity index (χ2n) is 6.67. The molecule has 8 heteroatoms. The Morgan fingerprint density at radius 3 is 2.81 bits per heavy atom. The number of benzene rings is 1. The highest BCUT2D eigenvalue weighted by atomic mass is 32.2. The van der Waals surface area contributed by atoms with E-state index in [0.29, 0.717) is 36.3 Å². The summed E-state index contributed by atoms with van der Waals surface area (Å²) in [5.41, 5.74) is 6.28. The Hall–Kier alpha value is -2.03. The number of carbonyl (C=O) groups excluding carboxylic acids is 1. The van der Waals surface area contributed by atoms with E-state index < -0.39 is 10.0 Å². The van der Waals surface area contributed by atoms with Gasteiger partial charge in [0.05, 0.1) is 11.4 Å². The number of hydrogen-bond donors (Lipinski definition) is 1. The van der Waals surface area contributed by atoms with Crippen molar-refractivity contribution < 1.29 is 13.2 Å². The standard InChI is InChI=1S/C18H24N4O3S/c1-13-10-20-11-15-5-3-6-16(18(13)15)26(24,25)22-8-4-7-21(12-14(22)2)17(23)9-19/h3,5-6,10-11,14H,4,7-9,12,19H2,1-2H3. The lowest BCUT2D eigenvalue weighted by Gasteiger charge is -2.28. The van der Waals surface area contributed by atoms with E-state index in [0.717, 1.165) is 10.9 Å². The summed E-state index contributed by atoms with van der Waals surface area (Å²) in [6, 6.07) is 4.92. The van der Waals surface area contributed by atoms with Crippen LogP contribution in [-0.4, -0.2) is 60.7 Å². The van der Waals surface area contributed by atoms with Gasteiger partial charge in [-0.3, -0.25) is 9.78 Å². The number of carbonyl (C=O) groups is 1. The van der Waals surface area contributed by atoms with E-state index in [1.807, 2.05) is 19.9 Å². The molecule has 0 spiro atoms. The second kappa shape index (κ2) is 7.30. The van der Waals surface area contributed by atoms with E-state index in [1.165, 1.54) is 4.31 Å². The third-order valence-electron chi connectivity index (χ3n) is 4.83. The molecule has 1 aliphatic rings. The molecule has 1 saturated heterocycles. The van der Waals surface area contributed by atoms with Crippen molar-refractivity contribution in [2.45, 2.75) is 31.2 Å². The monoisotopic (exact) mass is 376 g/mol. The molecule has 2 N–H and O–H groups in total. The molecule has 0 bridgehead atoms. The molecule has 0 aliphatic carbocycles. The van der Waals surface area contributed by atoms with E-state index in [-0.39, 0.29) is 18.5 Å².